The van der Waals surface area contributed by atoms with Gasteiger partial charge in [0.1, 0.15) is 6.17 Å². The Morgan fingerprint density at radius 3 is 1.92 bits per heavy atom. The molecule has 0 fully saturated rings. The lowest BCUT2D eigenvalue weighted by atomic mass is 10.0. The van der Waals surface area contributed by atoms with Crippen molar-refractivity contribution in [1.82, 2.24) is 9.97 Å². The van der Waals surface area contributed by atoms with Gasteiger partial charge < -0.3 is 4.74 Å². The van der Waals surface area contributed by atoms with Gasteiger partial charge in [-0.25, -0.2) is 18.7 Å². The van der Waals surface area contributed by atoms with Crippen LogP contribution in [0.2, 0.25) is 0 Å². The van der Waals surface area contributed by atoms with E-state index in [1.165, 1.54) is 76.7 Å². The Kier molecular flexibility index (Phi) is 16.0. The molecule has 0 unspecified atom stereocenters. The standard InChI is InChI=1S/C31H48F2N2O/c1-3-5-7-8-9-10-11-12-13-14-15-16-17-26-24-34-31(35-25-26)27-19-20-30(29(33)23-27)36-22-21-28(32)18-6-4-2/h19-20,23-25,28H,3-18,21-22H2,1-2H3/t28-/m0/s1. The minimum Gasteiger partial charge on any atom is -0.490 e. The second kappa shape index (κ2) is 19.1. The molecule has 1 atom stereocenters. The summed E-state index contributed by atoms with van der Waals surface area (Å²) in [6, 6.07) is 4.72. The summed E-state index contributed by atoms with van der Waals surface area (Å²) in [7, 11) is 0. The molecule has 1 heterocycles. The third kappa shape index (κ3) is 12.8. The molecule has 0 aliphatic heterocycles. The molecule has 0 saturated heterocycles. The number of halogens is 2. The minimum atomic E-state index is -0.894. The maximum Gasteiger partial charge on any atom is 0.165 e. The van der Waals surface area contributed by atoms with Crippen molar-refractivity contribution in [3.63, 3.8) is 0 Å². The van der Waals surface area contributed by atoms with Crippen molar-refractivity contribution in [2.24, 2.45) is 0 Å². The van der Waals surface area contributed by atoms with Gasteiger partial charge in [-0.2, -0.15) is 0 Å². The van der Waals surface area contributed by atoms with Crippen molar-refractivity contribution in [1.29, 1.82) is 0 Å². The summed E-state index contributed by atoms with van der Waals surface area (Å²) in [4.78, 5) is 8.88. The molecule has 1 aromatic heterocycles. The van der Waals surface area contributed by atoms with Gasteiger partial charge in [0.15, 0.2) is 17.4 Å². The number of alkyl halides is 1. The normalized spacial score (nSPS) is 12.1. The number of aryl methyl sites for hydroxylation is 1. The van der Waals surface area contributed by atoms with E-state index < -0.39 is 12.0 Å². The van der Waals surface area contributed by atoms with E-state index >= 15 is 0 Å². The monoisotopic (exact) mass is 502 g/mol. The van der Waals surface area contributed by atoms with Crippen LogP contribution in [0.1, 0.15) is 122 Å². The predicted octanol–water partition coefficient (Wildman–Crippen LogP) is 9.82. The molecule has 0 amide bonds. The predicted molar refractivity (Wildman–Crippen MR) is 147 cm³/mol. The SMILES string of the molecule is CCCCCCCCCCCCCCc1cnc(-c2ccc(OCC[C@@H](F)CCCC)c(F)c2)nc1. The third-order valence-electron chi connectivity index (χ3n) is 6.77. The molecule has 0 bridgehead atoms. The van der Waals surface area contributed by atoms with Crippen LogP contribution in [0.15, 0.2) is 30.6 Å². The van der Waals surface area contributed by atoms with Crippen molar-refractivity contribution in [3.05, 3.63) is 42.0 Å². The Hall–Kier alpha value is -2.04. The van der Waals surface area contributed by atoms with Gasteiger partial charge in [-0.1, -0.05) is 97.3 Å². The van der Waals surface area contributed by atoms with Crippen LogP contribution in [0.3, 0.4) is 0 Å². The Morgan fingerprint density at radius 1 is 0.750 bits per heavy atom. The quantitative estimate of drug-likeness (QED) is 0.159. The highest BCUT2D eigenvalue weighted by molar-refractivity contribution is 5.56. The van der Waals surface area contributed by atoms with Gasteiger partial charge in [-0.05, 0) is 43.0 Å². The number of hydrogen-bond donors (Lipinski definition) is 0. The van der Waals surface area contributed by atoms with Crippen LogP contribution in [0, 0.1) is 5.82 Å². The van der Waals surface area contributed by atoms with Crippen LogP contribution in [0.5, 0.6) is 5.75 Å². The largest absolute Gasteiger partial charge is 0.490 e. The van der Waals surface area contributed by atoms with E-state index in [1.54, 1.807) is 12.1 Å². The summed E-state index contributed by atoms with van der Waals surface area (Å²) < 4.78 is 33.7. The highest BCUT2D eigenvalue weighted by Gasteiger charge is 2.11. The highest BCUT2D eigenvalue weighted by atomic mass is 19.1. The molecule has 202 valence electrons. The van der Waals surface area contributed by atoms with Gasteiger partial charge in [-0.3, -0.25) is 0 Å². The summed E-state index contributed by atoms with van der Waals surface area (Å²) in [6.45, 7) is 4.48. The van der Waals surface area contributed by atoms with E-state index in [0.717, 1.165) is 31.2 Å². The molecule has 2 aromatic rings. The van der Waals surface area contributed by atoms with Crippen molar-refractivity contribution in [2.45, 2.75) is 129 Å². The first kappa shape index (κ1) is 30.2. The lowest BCUT2D eigenvalue weighted by Crippen LogP contribution is -2.08. The fraction of sp³-hybridized carbons (Fsp3) is 0.677. The van der Waals surface area contributed by atoms with E-state index in [-0.39, 0.29) is 18.8 Å². The van der Waals surface area contributed by atoms with Gasteiger partial charge in [0.05, 0.1) is 6.61 Å². The first-order valence-corrected chi connectivity index (χ1v) is 14.5. The second-order valence-corrected chi connectivity index (χ2v) is 10.1. The number of rotatable bonds is 21. The molecule has 5 heteroatoms. The minimum absolute atomic E-state index is 0.144. The van der Waals surface area contributed by atoms with E-state index in [2.05, 4.69) is 16.9 Å². The fourth-order valence-corrected chi connectivity index (χ4v) is 4.43. The molecule has 1 aromatic carbocycles. The van der Waals surface area contributed by atoms with Crippen LogP contribution in [0.25, 0.3) is 11.4 Å². The summed E-state index contributed by atoms with van der Waals surface area (Å²) in [5.74, 6) is 0.174. The summed E-state index contributed by atoms with van der Waals surface area (Å²) >= 11 is 0. The Balaban J connectivity index is 1.62. The van der Waals surface area contributed by atoms with Gasteiger partial charge >= 0.3 is 0 Å². The average molecular weight is 503 g/mol. The topological polar surface area (TPSA) is 35.0 Å². The Morgan fingerprint density at radius 2 is 1.33 bits per heavy atom. The molecule has 0 aliphatic carbocycles. The van der Waals surface area contributed by atoms with Crippen molar-refractivity contribution in [2.75, 3.05) is 6.61 Å². The summed E-state index contributed by atoms with van der Waals surface area (Å²) in [5, 5.41) is 0. The summed E-state index contributed by atoms with van der Waals surface area (Å²) in [6.07, 6.45) is 22.5. The van der Waals surface area contributed by atoms with Gasteiger partial charge in [0, 0.05) is 24.4 Å². The van der Waals surface area contributed by atoms with Crippen LogP contribution < -0.4 is 4.74 Å². The molecule has 0 aliphatic rings. The number of hydrogen-bond acceptors (Lipinski definition) is 3. The number of unbranched alkanes of at least 4 members (excludes halogenated alkanes) is 12. The zero-order valence-electron chi connectivity index (χ0n) is 22.8. The van der Waals surface area contributed by atoms with Gasteiger partial charge in [0.25, 0.3) is 0 Å². The molecule has 36 heavy (non-hydrogen) atoms. The van der Waals surface area contributed by atoms with Crippen molar-refractivity contribution >= 4 is 0 Å². The Labute approximate surface area is 218 Å². The van der Waals surface area contributed by atoms with E-state index in [0.29, 0.717) is 17.8 Å². The molecule has 2 rings (SSSR count). The first-order chi connectivity index (χ1) is 17.6. The van der Waals surface area contributed by atoms with Crippen LogP contribution in [-0.4, -0.2) is 22.7 Å². The Bertz CT molecular complexity index is 813. The zero-order chi connectivity index (χ0) is 25.8. The third-order valence-corrected chi connectivity index (χ3v) is 6.77. The maximum absolute atomic E-state index is 14.5. The number of aromatic nitrogens is 2. The second-order valence-electron chi connectivity index (χ2n) is 10.1. The molecule has 3 nitrogen and oxygen atoms in total. The lowest BCUT2D eigenvalue weighted by Gasteiger charge is -2.11. The molecule has 0 saturated carbocycles. The van der Waals surface area contributed by atoms with Crippen molar-refractivity contribution in [3.8, 4) is 17.1 Å². The van der Waals surface area contributed by atoms with Crippen LogP contribution in [-0.2, 0) is 6.42 Å². The lowest BCUT2D eigenvalue weighted by molar-refractivity contribution is 0.218. The van der Waals surface area contributed by atoms with E-state index in [4.69, 9.17) is 4.74 Å². The van der Waals surface area contributed by atoms with Gasteiger partial charge in [-0.15, -0.1) is 0 Å². The molecule has 0 spiro atoms. The number of benzene rings is 1. The molecule has 0 N–H and O–H groups in total. The van der Waals surface area contributed by atoms with E-state index in [1.807, 2.05) is 19.3 Å². The van der Waals surface area contributed by atoms with Gasteiger partial charge in [0.2, 0.25) is 0 Å². The van der Waals surface area contributed by atoms with Crippen LogP contribution in [0.4, 0.5) is 8.78 Å². The maximum atomic E-state index is 14.5. The highest BCUT2D eigenvalue weighted by Crippen LogP contribution is 2.24. The zero-order valence-corrected chi connectivity index (χ0v) is 22.8. The average Bonchev–Trinajstić information content (AvgIpc) is 2.89. The smallest absolute Gasteiger partial charge is 0.165 e. The molecule has 0 radical (unpaired) electrons. The first-order valence-electron chi connectivity index (χ1n) is 14.5. The van der Waals surface area contributed by atoms with Crippen LogP contribution >= 0.6 is 0 Å². The van der Waals surface area contributed by atoms with Crippen molar-refractivity contribution < 1.29 is 13.5 Å². The fourth-order valence-electron chi connectivity index (χ4n) is 4.43. The number of nitrogens with zero attached hydrogens (tertiary/aromatic N) is 2. The molecular weight excluding hydrogens is 454 g/mol. The number of ether oxygens (including phenoxy) is 1. The molecular formula is C31H48F2N2O. The summed E-state index contributed by atoms with van der Waals surface area (Å²) in [5.41, 5.74) is 1.73. The van der Waals surface area contributed by atoms with E-state index in [9.17, 15) is 8.78 Å².